The summed E-state index contributed by atoms with van der Waals surface area (Å²) in [5, 5.41) is 15.5. The molecule has 2 aliphatic carbocycles. The number of nitrogens with one attached hydrogen (secondary N) is 2. The summed E-state index contributed by atoms with van der Waals surface area (Å²) < 4.78 is 0. The van der Waals surface area contributed by atoms with Crippen LogP contribution in [0.3, 0.4) is 0 Å². The molecule has 43 heavy (non-hydrogen) atoms. The van der Waals surface area contributed by atoms with Gasteiger partial charge in [-0.2, -0.15) is 0 Å². The van der Waals surface area contributed by atoms with Gasteiger partial charge < -0.3 is 35.3 Å². The van der Waals surface area contributed by atoms with Crippen LogP contribution in [-0.2, 0) is 28.8 Å². The minimum Gasteiger partial charge on any atom is -0.481 e. The monoisotopic (exact) mass is 606 g/mol. The number of likely N-dealkylation sites (N-methyl/N-ethyl adjacent to an activating group) is 4. The maximum absolute atomic E-state index is 14.4. The van der Waals surface area contributed by atoms with E-state index in [-0.39, 0.29) is 23.6 Å². The van der Waals surface area contributed by atoms with Gasteiger partial charge in [-0.15, -0.1) is 0 Å². The highest BCUT2D eigenvalue weighted by Crippen LogP contribution is 2.36. The Morgan fingerprint density at radius 2 is 1.49 bits per heavy atom. The lowest BCUT2D eigenvalue weighted by Gasteiger charge is -2.41. The van der Waals surface area contributed by atoms with Crippen LogP contribution >= 0.6 is 0 Å². The molecule has 242 valence electrons. The van der Waals surface area contributed by atoms with Gasteiger partial charge >= 0.3 is 5.97 Å². The molecule has 0 aromatic heterocycles. The molecule has 1 aliphatic heterocycles. The summed E-state index contributed by atoms with van der Waals surface area (Å²) in [4.78, 5) is 85.1. The molecule has 1 saturated heterocycles. The standard InChI is InChI=1S/C30H50N6O7/c1-19(31-2)26(40)36-17-11-14-21(36)25(39)32-30(15-9-10-16-30)29(43)35(6)24(20-12-7-8-13-20)28(42)34(5)22(18-23(37)38)27(41)33(3)4/h19-22,24,31H,7-18H2,1-6H3,(H,32,39)(H,37,38)/t19-,21-,22-,24-/m0/s1. The van der Waals surface area contributed by atoms with Crippen molar-refractivity contribution in [3.8, 4) is 0 Å². The molecule has 1 heterocycles. The van der Waals surface area contributed by atoms with Crippen molar-refractivity contribution < 1.29 is 33.9 Å². The van der Waals surface area contributed by atoms with Crippen LogP contribution in [-0.4, -0.2) is 132 Å². The van der Waals surface area contributed by atoms with Gasteiger partial charge in [-0.25, -0.2) is 0 Å². The van der Waals surface area contributed by atoms with Crippen LogP contribution in [0.1, 0.15) is 77.6 Å². The lowest BCUT2D eigenvalue weighted by Crippen LogP contribution is -2.65. The first-order valence-electron chi connectivity index (χ1n) is 15.5. The summed E-state index contributed by atoms with van der Waals surface area (Å²) in [6.07, 6.45) is 6.15. The van der Waals surface area contributed by atoms with Crippen LogP contribution < -0.4 is 10.6 Å². The second-order valence-electron chi connectivity index (χ2n) is 12.7. The van der Waals surface area contributed by atoms with E-state index in [9.17, 15) is 33.9 Å². The lowest BCUT2D eigenvalue weighted by atomic mass is 9.90. The molecule has 0 bridgehead atoms. The second-order valence-corrected chi connectivity index (χ2v) is 12.7. The fourth-order valence-electron chi connectivity index (χ4n) is 7.00. The minimum absolute atomic E-state index is 0.163. The van der Waals surface area contributed by atoms with E-state index in [0.717, 1.165) is 38.5 Å². The van der Waals surface area contributed by atoms with Gasteiger partial charge in [0.05, 0.1) is 12.5 Å². The predicted octanol–water partition coefficient (Wildman–Crippen LogP) is 0.421. The van der Waals surface area contributed by atoms with Crippen LogP contribution in [0.2, 0.25) is 0 Å². The lowest BCUT2D eigenvalue weighted by molar-refractivity contribution is -0.156. The number of carbonyl (C=O) groups excluding carboxylic acids is 5. The Hall–Kier alpha value is -3.22. The van der Waals surface area contributed by atoms with Gasteiger partial charge in [-0.3, -0.25) is 28.8 Å². The number of carboxylic acid groups (broad SMARTS) is 1. The maximum atomic E-state index is 14.4. The third-order valence-corrected chi connectivity index (χ3v) is 9.62. The van der Waals surface area contributed by atoms with Crippen molar-refractivity contribution in [1.29, 1.82) is 0 Å². The number of hydrogen-bond donors (Lipinski definition) is 3. The molecule has 4 atom stereocenters. The van der Waals surface area contributed by atoms with Gasteiger partial charge in [0, 0.05) is 34.7 Å². The van der Waals surface area contributed by atoms with Gasteiger partial charge in [0.15, 0.2) is 0 Å². The van der Waals surface area contributed by atoms with Crippen LogP contribution in [0.5, 0.6) is 0 Å². The van der Waals surface area contributed by atoms with Crippen molar-refractivity contribution in [3.63, 3.8) is 0 Å². The topological polar surface area (TPSA) is 160 Å². The molecule has 3 aliphatic rings. The number of amides is 5. The number of likely N-dealkylation sites (tertiary alicyclic amines) is 1. The first-order chi connectivity index (χ1) is 20.3. The summed E-state index contributed by atoms with van der Waals surface area (Å²) in [7, 11) is 7.69. The Bertz CT molecular complexity index is 1070. The van der Waals surface area contributed by atoms with E-state index in [1.165, 1.54) is 35.8 Å². The predicted molar refractivity (Wildman–Crippen MR) is 159 cm³/mol. The molecule has 0 unspecified atom stereocenters. The highest BCUT2D eigenvalue weighted by Gasteiger charge is 2.50. The fraction of sp³-hybridized carbons (Fsp3) is 0.800. The molecule has 0 radical (unpaired) electrons. The van der Waals surface area contributed by atoms with Gasteiger partial charge in [0.1, 0.15) is 23.7 Å². The van der Waals surface area contributed by atoms with Crippen molar-refractivity contribution in [3.05, 3.63) is 0 Å². The molecular formula is C30H50N6O7. The Balaban J connectivity index is 1.89. The number of carbonyl (C=O) groups is 6. The fourth-order valence-corrected chi connectivity index (χ4v) is 7.00. The summed E-state index contributed by atoms with van der Waals surface area (Å²) in [5.74, 6) is -3.27. The first kappa shape index (κ1) is 34.3. The summed E-state index contributed by atoms with van der Waals surface area (Å²) in [6, 6.07) is -3.26. The van der Waals surface area contributed by atoms with E-state index in [4.69, 9.17) is 0 Å². The average Bonchev–Trinajstić information content (AvgIpc) is 3.76. The van der Waals surface area contributed by atoms with Crippen molar-refractivity contribution in [2.24, 2.45) is 5.92 Å². The quantitative estimate of drug-likeness (QED) is 0.288. The van der Waals surface area contributed by atoms with Crippen molar-refractivity contribution in [2.45, 2.75) is 107 Å². The normalized spacial score (nSPS) is 22.0. The second kappa shape index (κ2) is 14.5. The van der Waals surface area contributed by atoms with Crippen molar-refractivity contribution >= 4 is 35.5 Å². The molecule has 0 aromatic carbocycles. The molecule has 13 nitrogen and oxygen atoms in total. The van der Waals surface area contributed by atoms with Gasteiger partial charge in [0.25, 0.3) is 0 Å². The number of aliphatic carboxylic acids is 1. The van der Waals surface area contributed by atoms with Crippen LogP contribution in [0.4, 0.5) is 0 Å². The zero-order chi connectivity index (χ0) is 32.1. The van der Waals surface area contributed by atoms with Gasteiger partial charge in [-0.1, -0.05) is 25.7 Å². The highest BCUT2D eigenvalue weighted by molar-refractivity contribution is 5.98. The number of nitrogens with zero attached hydrogens (tertiary/aromatic N) is 4. The zero-order valence-corrected chi connectivity index (χ0v) is 26.6. The first-order valence-corrected chi connectivity index (χ1v) is 15.5. The third-order valence-electron chi connectivity index (χ3n) is 9.62. The number of rotatable bonds is 12. The zero-order valence-electron chi connectivity index (χ0n) is 26.6. The molecule has 5 amide bonds. The number of carboxylic acids is 1. The maximum Gasteiger partial charge on any atom is 0.305 e. The van der Waals surface area contributed by atoms with E-state index in [0.29, 0.717) is 32.2 Å². The molecule has 2 saturated carbocycles. The molecule has 13 heteroatoms. The van der Waals surface area contributed by atoms with E-state index < -0.39 is 53.9 Å². The van der Waals surface area contributed by atoms with Gasteiger partial charge in [0.2, 0.25) is 29.5 Å². The smallest absolute Gasteiger partial charge is 0.305 e. The van der Waals surface area contributed by atoms with Crippen molar-refractivity contribution in [1.82, 2.24) is 30.2 Å². The van der Waals surface area contributed by atoms with E-state index >= 15 is 0 Å². The Labute approximate surface area is 254 Å². The molecule has 3 fully saturated rings. The van der Waals surface area contributed by atoms with Crippen LogP contribution in [0.15, 0.2) is 0 Å². The third kappa shape index (κ3) is 7.47. The molecular weight excluding hydrogens is 556 g/mol. The van der Waals surface area contributed by atoms with Crippen LogP contribution in [0.25, 0.3) is 0 Å². The Morgan fingerprint density at radius 1 is 0.884 bits per heavy atom. The summed E-state index contributed by atoms with van der Waals surface area (Å²) in [5.41, 5.74) is -1.21. The molecule has 3 rings (SSSR count). The largest absolute Gasteiger partial charge is 0.481 e. The van der Waals surface area contributed by atoms with E-state index in [2.05, 4.69) is 10.6 Å². The van der Waals surface area contributed by atoms with Gasteiger partial charge in [-0.05, 0) is 58.4 Å². The summed E-state index contributed by atoms with van der Waals surface area (Å²) >= 11 is 0. The summed E-state index contributed by atoms with van der Waals surface area (Å²) in [6.45, 7) is 2.22. The molecule has 0 spiro atoms. The molecule has 3 N–H and O–H groups in total. The van der Waals surface area contributed by atoms with Crippen molar-refractivity contribution in [2.75, 3.05) is 41.8 Å². The van der Waals surface area contributed by atoms with E-state index in [1.54, 1.807) is 25.9 Å². The average molecular weight is 607 g/mol. The molecule has 0 aromatic rings. The SMILES string of the molecule is CN[C@@H](C)C(=O)N1CCC[C@H]1C(=O)NC1(C(=O)N(C)[C@H](C(=O)N(C)[C@@H](CC(=O)O)C(=O)N(C)C)C2CCCC2)CCCC1. The Kier molecular flexibility index (Phi) is 11.6. The number of hydrogen-bond acceptors (Lipinski definition) is 7. The van der Waals surface area contributed by atoms with E-state index in [1.807, 2.05) is 0 Å². The Morgan fingerprint density at radius 3 is 2.02 bits per heavy atom. The minimum atomic E-state index is -1.22. The van der Waals surface area contributed by atoms with Crippen LogP contribution in [0, 0.1) is 5.92 Å². The highest BCUT2D eigenvalue weighted by atomic mass is 16.4.